The van der Waals surface area contributed by atoms with Crippen molar-refractivity contribution in [2.24, 2.45) is 0 Å². The molecule has 0 aromatic rings. The van der Waals surface area contributed by atoms with E-state index >= 15 is 0 Å². The fourth-order valence-electron chi connectivity index (χ4n) is 0.947. The molecule has 1 saturated heterocycles. The lowest BCUT2D eigenvalue weighted by molar-refractivity contribution is -0.194. The molecule has 0 amide bonds. The standard InChI is InChI=1S/C6H13NO3/c1-9-6(8)7-2-4-10-5-3-7/h6,8H,2-5H2,1H3. The molecule has 0 aromatic carbocycles. The zero-order valence-corrected chi connectivity index (χ0v) is 6.12. The number of morpholine rings is 1. The fourth-order valence-corrected chi connectivity index (χ4v) is 0.947. The molecule has 60 valence electrons. The molecule has 1 heterocycles. The predicted octanol–water partition coefficient (Wildman–Crippen LogP) is -0.759. The monoisotopic (exact) mass is 147 g/mol. The molecule has 0 aromatic heterocycles. The smallest absolute Gasteiger partial charge is 0.215 e. The first-order valence-electron chi connectivity index (χ1n) is 3.37. The normalized spacial score (nSPS) is 24.6. The third-order valence-electron chi connectivity index (χ3n) is 1.57. The van der Waals surface area contributed by atoms with Crippen LogP contribution in [0.25, 0.3) is 0 Å². The van der Waals surface area contributed by atoms with Gasteiger partial charge >= 0.3 is 0 Å². The molecule has 1 atom stereocenters. The van der Waals surface area contributed by atoms with Gasteiger partial charge in [-0.2, -0.15) is 0 Å². The average Bonchev–Trinajstić information content (AvgIpc) is 2.05. The van der Waals surface area contributed by atoms with Crippen molar-refractivity contribution < 1.29 is 14.6 Å². The highest BCUT2D eigenvalue weighted by Crippen LogP contribution is 2.00. The summed E-state index contributed by atoms with van der Waals surface area (Å²) >= 11 is 0. The molecule has 0 radical (unpaired) electrons. The van der Waals surface area contributed by atoms with E-state index in [1.165, 1.54) is 7.11 Å². The van der Waals surface area contributed by atoms with Crippen LogP contribution < -0.4 is 0 Å². The Balaban J connectivity index is 2.24. The van der Waals surface area contributed by atoms with Gasteiger partial charge in [-0.25, -0.2) is 0 Å². The van der Waals surface area contributed by atoms with Crippen LogP contribution in [0.4, 0.5) is 0 Å². The van der Waals surface area contributed by atoms with E-state index < -0.39 is 6.41 Å². The van der Waals surface area contributed by atoms with Gasteiger partial charge in [0.25, 0.3) is 0 Å². The van der Waals surface area contributed by atoms with Crippen molar-refractivity contribution in [2.75, 3.05) is 33.4 Å². The van der Waals surface area contributed by atoms with Gasteiger partial charge in [-0.1, -0.05) is 0 Å². The summed E-state index contributed by atoms with van der Waals surface area (Å²) in [6.45, 7) is 2.85. The number of rotatable bonds is 2. The quantitative estimate of drug-likeness (QED) is 0.521. The Hall–Kier alpha value is -0.160. The molecule has 4 nitrogen and oxygen atoms in total. The van der Waals surface area contributed by atoms with Crippen molar-refractivity contribution in [3.8, 4) is 0 Å². The zero-order valence-electron chi connectivity index (χ0n) is 6.12. The van der Waals surface area contributed by atoms with Gasteiger partial charge in [0.1, 0.15) is 0 Å². The minimum Gasteiger partial charge on any atom is -0.379 e. The van der Waals surface area contributed by atoms with Crippen LogP contribution in [0.5, 0.6) is 0 Å². The van der Waals surface area contributed by atoms with E-state index in [-0.39, 0.29) is 0 Å². The number of hydrogen-bond donors (Lipinski definition) is 1. The summed E-state index contributed by atoms with van der Waals surface area (Å²) in [4.78, 5) is 1.82. The topological polar surface area (TPSA) is 41.9 Å². The number of methoxy groups -OCH3 is 1. The van der Waals surface area contributed by atoms with E-state index in [1.54, 1.807) is 0 Å². The molecule has 1 aliphatic heterocycles. The van der Waals surface area contributed by atoms with Crippen LogP contribution in [0.15, 0.2) is 0 Å². The van der Waals surface area contributed by atoms with E-state index in [0.29, 0.717) is 13.2 Å². The average molecular weight is 147 g/mol. The maximum Gasteiger partial charge on any atom is 0.215 e. The minimum absolute atomic E-state index is 0.681. The Morgan fingerprint density at radius 2 is 2.10 bits per heavy atom. The number of hydrogen-bond acceptors (Lipinski definition) is 4. The van der Waals surface area contributed by atoms with Crippen LogP contribution in [0.3, 0.4) is 0 Å². The molecule has 0 saturated carbocycles. The second-order valence-electron chi connectivity index (χ2n) is 2.21. The lowest BCUT2D eigenvalue weighted by Crippen LogP contribution is -2.44. The molecule has 1 unspecified atom stereocenters. The molecule has 1 N–H and O–H groups in total. The predicted molar refractivity (Wildman–Crippen MR) is 35.4 cm³/mol. The van der Waals surface area contributed by atoms with Gasteiger partial charge < -0.3 is 14.6 Å². The summed E-state index contributed by atoms with van der Waals surface area (Å²) in [5, 5.41) is 9.13. The lowest BCUT2D eigenvalue weighted by atomic mass is 10.4. The highest BCUT2D eigenvalue weighted by molar-refractivity contribution is 4.59. The summed E-state index contributed by atoms with van der Waals surface area (Å²) in [6, 6.07) is 0. The third kappa shape index (κ3) is 1.91. The molecular weight excluding hydrogens is 134 g/mol. The van der Waals surface area contributed by atoms with E-state index in [9.17, 15) is 0 Å². The van der Waals surface area contributed by atoms with Crippen LogP contribution in [-0.4, -0.2) is 49.8 Å². The Labute approximate surface area is 60.3 Å². The van der Waals surface area contributed by atoms with Crippen molar-refractivity contribution >= 4 is 0 Å². The molecule has 10 heavy (non-hydrogen) atoms. The van der Waals surface area contributed by atoms with Crippen molar-refractivity contribution in [1.82, 2.24) is 4.90 Å². The van der Waals surface area contributed by atoms with Gasteiger partial charge in [-0.15, -0.1) is 0 Å². The van der Waals surface area contributed by atoms with Gasteiger partial charge in [-0.3, -0.25) is 4.90 Å². The molecule has 4 heteroatoms. The van der Waals surface area contributed by atoms with Gasteiger partial charge in [0.2, 0.25) is 6.41 Å². The second kappa shape index (κ2) is 3.88. The van der Waals surface area contributed by atoms with Crippen LogP contribution in [0.1, 0.15) is 0 Å². The van der Waals surface area contributed by atoms with Crippen LogP contribution in [-0.2, 0) is 9.47 Å². The minimum atomic E-state index is -0.760. The number of aliphatic hydroxyl groups excluding tert-OH is 1. The highest BCUT2D eigenvalue weighted by Gasteiger charge is 2.16. The van der Waals surface area contributed by atoms with Crippen LogP contribution in [0, 0.1) is 0 Å². The third-order valence-corrected chi connectivity index (χ3v) is 1.57. The SMILES string of the molecule is COC(O)N1CCOCC1. The summed E-state index contributed by atoms with van der Waals surface area (Å²) < 4.78 is 9.80. The van der Waals surface area contributed by atoms with Gasteiger partial charge in [-0.05, 0) is 0 Å². The first-order chi connectivity index (χ1) is 4.84. The summed E-state index contributed by atoms with van der Waals surface area (Å²) in [5.41, 5.74) is 0. The molecule has 1 aliphatic rings. The molecule has 0 bridgehead atoms. The van der Waals surface area contributed by atoms with E-state index in [4.69, 9.17) is 14.6 Å². The summed E-state index contributed by atoms with van der Waals surface area (Å²) in [6.07, 6.45) is -0.760. The molecule has 0 aliphatic carbocycles. The molecule has 1 fully saturated rings. The van der Waals surface area contributed by atoms with Gasteiger partial charge in [0.15, 0.2) is 0 Å². The fraction of sp³-hybridized carbons (Fsp3) is 1.00. The maximum atomic E-state index is 9.13. The summed E-state index contributed by atoms with van der Waals surface area (Å²) in [5.74, 6) is 0. The van der Waals surface area contributed by atoms with Gasteiger partial charge in [0, 0.05) is 20.2 Å². The Morgan fingerprint density at radius 3 is 2.60 bits per heavy atom. The largest absolute Gasteiger partial charge is 0.379 e. The molecule has 0 spiro atoms. The van der Waals surface area contributed by atoms with Gasteiger partial charge in [0.05, 0.1) is 13.2 Å². The van der Waals surface area contributed by atoms with E-state index in [0.717, 1.165) is 13.1 Å². The van der Waals surface area contributed by atoms with Crippen molar-refractivity contribution in [3.63, 3.8) is 0 Å². The molecular formula is C6H13NO3. The number of aliphatic hydroxyl groups is 1. The summed E-state index contributed by atoms with van der Waals surface area (Å²) in [7, 11) is 1.49. The Morgan fingerprint density at radius 1 is 1.50 bits per heavy atom. The molecule has 1 rings (SSSR count). The van der Waals surface area contributed by atoms with Crippen molar-refractivity contribution in [2.45, 2.75) is 6.41 Å². The second-order valence-corrected chi connectivity index (χ2v) is 2.21. The van der Waals surface area contributed by atoms with E-state index in [1.807, 2.05) is 4.90 Å². The number of ether oxygens (including phenoxy) is 2. The Kier molecular flexibility index (Phi) is 3.08. The van der Waals surface area contributed by atoms with Crippen LogP contribution in [0.2, 0.25) is 0 Å². The van der Waals surface area contributed by atoms with Crippen molar-refractivity contribution in [3.05, 3.63) is 0 Å². The van der Waals surface area contributed by atoms with Crippen molar-refractivity contribution in [1.29, 1.82) is 0 Å². The highest BCUT2D eigenvalue weighted by atomic mass is 16.6. The lowest BCUT2D eigenvalue weighted by Gasteiger charge is -2.29. The Bertz CT molecular complexity index is 93.0. The van der Waals surface area contributed by atoms with Crippen LogP contribution >= 0.6 is 0 Å². The van der Waals surface area contributed by atoms with E-state index in [2.05, 4.69) is 0 Å². The zero-order chi connectivity index (χ0) is 7.40. The maximum absolute atomic E-state index is 9.13. The first kappa shape index (κ1) is 7.94. The number of nitrogens with zero attached hydrogens (tertiary/aromatic N) is 1. The first-order valence-corrected chi connectivity index (χ1v) is 3.37.